The average molecular weight is 406 g/mol. The third-order valence-corrected chi connectivity index (χ3v) is 5.85. The smallest absolute Gasteiger partial charge is 0.228 e. The molecule has 1 saturated heterocycles. The molecule has 0 saturated carbocycles. The van der Waals surface area contributed by atoms with Gasteiger partial charge in [-0.2, -0.15) is 0 Å². The summed E-state index contributed by atoms with van der Waals surface area (Å²) in [4.78, 5) is 30.1. The summed E-state index contributed by atoms with van der Waals surface area (Å²) in [7, 11) is 2.10. The number of phenols is 1. The van der Waals surface area contributed by atoms with E-state index in [0.29, 0.717) is 35.1 Å². The highest BCUT2D eigenvalue weighted by molar-refractivity contribution is 6.11. The molecule has 1 N–H and O–H groups in total. The molecule has 0 radical (unpaired) electrons. The molecule has 6 heteroatoms. The first kappa shape index (κ1) is 20.3. The second-order valence-electron chi connectivity index (χ2n) is 7.93. The Labute approximate surface area is 175 Å². The minimum absolute atomic E-state index is 0.107. The molecule has 156 valence electrons. The summed E-state index contributed by atoms with van der Waals surface area (Å²) >= 11 is 0. The van der Waals surface area contributed by atoms with Crippen LogP contribution in [0.5, 0.6) is 5.75 Å². The number of benzene rings is 2. The molecule has 0 bridgehead atoms. The molecule has 6 nitrogen and oxygen atoms in total. The molecular formula is C24H26N2O4. The molecule has 0 spiro atoms. The summed E-state index contributed by atoms with van der Waals surface area (Å²) in [6.45, 7) is 6.36. The first-order valence-electron chi connectivity index (χ1n) is 10.2. The number of phenolic OH excluding ortho intramolecular Hbond substituents is 1. The van der Waals surface area contributed by atoms with Gasteiger partial charge in [-0.15, -0.1) is 0 Å². The van der Waals surface area contributed by atoms with Gasteiger partial charge in [-0.25, -0.2) is 0 Å². The van der Waals surface area contributed by atoms with E-state index in [1.165, 1.54) is 6.07 Å². The van der Waals surface area contributed by atoms with Crippen molar-refractivity contribution >= 4 is 22.5 Å². The molecule has 0 atom stereocenters. The van der Waals surface area contributed by atoms with Crippen LogP contribution in [0.4, 0.5) is 0 Å². The molecule has 0 aliphatic carbocycles. The molecule has 2 heterocycles. The predicted octanol–water partition coefficient (Wildman–Crippen LogP) is 3.50. The van der Waals surface area contributed by atoms with E-state index >= 15 is 0 Å². The van der Waals surface area contributed by atoms with Gasteiger partial charge in [0.2, 0.25) is 5.78 Å². The fourth-order valence-corrected chi connectivity index (χ4v) is 3.88. The van der Waals surface area contributed by atoms with Crippen LogP contribution in [-0.2, 0) is 0 Å². The summed E-state index contributed by atoms with van der Waals surface area (Å²) in [5.74, 6) is -0.201. The first-order valence-corrected chi connectivity index (χ1v) is 10.2. The Hall–Kier alpha value is -2.96. The van der Waals surface area contributed by atoms with E-state index in [0.717, 1.165) is 26.2 Å². The number of ketones is 2. The molecule has 4 rings (SSSR count). The zero-order valence-corrected chi connectivity index (χ0v) is 17.4. The van der Waals surface area contributed by atoms with Gasteiger partial charge in [0.05, 0.1) is 5.56 Å². The summed E-state index contributed by atoms with van der Waals surface area (Å²) < 4.78 is 5.76. The lowest BCUT2D eigenvalue weighted by atomic mass is 10.0. The highest BCUT2D eigenvalue weighted by Gasteiger charge is 2.23. The number of aromatic hydroxyl groups is 1. The van der Waals surface area contributed by atoms with Gasteiger partial charge < -0.3 is 19.3 Å². The van der Waals surface area contributed by atoms with Crippen LogP contribution in [0.2, 0.25) is 0 Å². The van der Waals surface area contributed by atoms with Gasteiger partial charge in [-0.1, -0.05) is 30.3 Å². The summed E-state index contributed by atoms with van der Waals surface area (Å²) in [5, 5.41) is 11.1. The fourth-order valence-electron chi connectivity index (χ4n) is 3.88. The van der Waals surface area contributed by atoms with Crippen LogP contribution in [0, 0.1) is 6.92 Å². The van der Waals surface area contributed by atoms with Gasteiger partial charge >= 0.3 is 0 Å². The van der Waals surface area contributed by atoms with Crippen molar-refractivity contribution in [3.63, 3.8) is 0 Å². The Morgan fingerprint density at radius 1 is 1.07 bits per heavy atom. The Bertz CT molecular complexity index is 1080. The number of carbonyl (C=O) groups excluding carboxylic acids is 2. The number of rotatable bonds is 6. The van der Waals surface area contributed by atoms with Crippen LogP contribution in [0.15, 0.2) is 46.9 Å². The standard InChI is InChI=1S/C24H26N2O4/c1-16-18-14-19(20(27)8-9-26-12-10-25(2)11-13-26)21(28)15-22(18)30-24(16)23(29)17-6-4-3-5-7-17/h3-7,14-15,28H,8-13H2,1-2H3. The van der Waals surface area contributed by atoms with Gasteiger partial charge in [0.25, 0.3) is 0 Å². The van der Waals surface area contributed by atoms with Crippen molar-refractivity contribution in [1.29, 1.82) is 0 Å². The largest absolute Gasteiger partial charge is 0.507 e. The van der Waals surface area contributed by atoms with Gasteiger partial charge in [0.1, 0.15) is 11.3 Å². The Morgan fingerprint density at radius 3 is 2.47 bits per heavy atom. The minimum Gasteiger partial charge on any atom is -0.507 e. The Balaban J connectivity index is 1.56. The summed E-state index contributed by atoms with van der Waals surface area (Å²) in [6, 6.07) is 12.0. The molecular weight excluding hydrogens is 380 g/mol. The second kappa shape index (κ2) is 8.42. The molecule has 1 aromatic heterocycles. The third kappa shape index (κ3) is 4.01. The third-order valence-electron chi connectivity index (χ3n) is 5.85. The number of piperazine rings is 1. The van der Waals surface area contributed by atoms with Crippen LogP contribution in [-0.4, -0.2) is 66.2 Å². The van der Waals surface area contributed by atoms with Crippen LogP contribution in [0.1, 0.15) is 38.5 Å². The molecule has 2 aromatic carbocycles. The van der Waals surface area contributed by atoms with Gasteiger partial charge in [0.15, 0.2) is 11.5 Å². The quantitative estimate of drug-likeness (QED) is 0.632. The van der Waals surface area contributed by atoms with Crippen molar-refractivity contribution in [2.45, 2.75) is 13.3 Å². The predicted molar refractivity (Wildman–Crippen MR) is 115 cm³/mol. The SMILES string of the molecule is Cc1c(C(=O)c2ccccc2)oc2cc(O)c(C(=O)CCN3CCN(C)CC3)cc12. The van der Waals surface area contributed by atoms with Gasteiger partial charge in [-0.3, -0.25) is 9.59 Å². The number of fused-ring (bicyclic) bond motifs is 1. The van der Waals surface area contributed by atoms with Crippen molar-refractivity contribution in [3.8, 4) is 5.75 Å². The van der Waals surface area contributed by atoms with Crippen LogP contribution in [0.25, 0.3) is 11.0 Å². The topological polar surface area (TPSA) is 74.0 Å². The molecule has 0 amide bonds. The number of likely N-dealkylation sites (N-methyl/N-ethyl adjacent to an activating group) is 1. The maximum atomic E-state index is 12.8. The van der Waals surface area contributed by atoms with Crippen molar-refractivity contribution in [2.24, 2.45) is 0 Å². The lowest BCUT2D eigenvalue weighted by molar-refractivity contribution is 0.0938. The molecule has 1 fully saturated rings. The number of aryl methyl sites for hydroxylation is 1. The maximum Gasteiger partial charge on any atom is 0.228 e. The lowest BCUT2D eigenvalue weighted by Crippen LogP contribution is -2.45. The van der Waals surface area contributed by atoms with Crippen LogP contribution >= 0.6 is 0 Å². The van der Waals surface area contributed by atoms with Crippen molar-refractivity contribution in [1.82, 2.24) is 9.80 Å². The van der Waals surface area contributed by atoms with E-state index in [-0.39, 0.29) is 28.6 Å². The highest BCUT2D eigenvalue weighted by atomic mass is 16.3. The monoisotopic (exact) mass is 406 g/mol. The number of furan rings is 1. The molecule has 0 unspecified atom stereocenters. The number of Topliss-reactive ketones (excluding diaryl/α,β-unsaturated/α-hetero) is 1. The van der Waals surface area contributed by atoms with Gasteiger partial charge in [0, 0.05) is 61.7 Å². The summed E-state index contributed by atoms with van der Waals surface area (Å²) in [6.07, 6.45) is 0.343. The second-order valence-corrected chi connectivity index (χ2v) is 7.93. The molecule has 30 heavy (non-hydrogen) atoms. The number of hydrogen-bond acceptors (Lipinski definition) is 6. The van der Waals surface area contributed by atoms with Crippen molar-refractivity contribution < 1.29 is 19.1 Å². The maximum absolute atomic E-state index is 12.8. The normalized spacial score (nSPS) is 15.5. The van der Waals surface area contributed by atoms with E-state index in [1.54, 1.807) is 37.3 Å². The summed E-state index contributed by atoms with van der Waals surface area (Å²) in [5.41, 5.74) is 1.89. The van der Waals surface area contributed by atoms with Crippen molar-refractivity contribution in [2.75, 3.05) is 39.8 Å². The van der Waals surface area contributed by atoms with Crippen LogP contribution < -0.4 is 0 Å². The first-order chi connectivity index (χ1) is 14.4. The zero-order chi connectivity index (χ0) is 21.3. The van der Waals surface area contributed by atoms with Gasteiger partial charge in [-0.05, 0) is 20.0 Å². The molecule has 1 aliphatic rings. The van der Waals surface area contributed by atoms with Crippen molar-refractivity contribution in [3.05, 3.63) is 64.9 Å². The Kier molecular flexibility index (Phi) is 5.70. The number of hydrogen-bond donors (Lipinski definition) is 1. The molecule has 3 aromatic rings. The molecule has 1 aliphatic heterocycles. The highest BCUT2D eigenvalue weighted by Crippen LogP contribution is 2.33. The average Bonchev–Trinajstić information content (AvgIpc) is 3.08. The van der Waals surface area contributed by atoms with E-state index < -0.39 is 0 Å². The van der Waals surface area contributed by atoms with Crippen LogP contribution in [0.3, 0.4) is 0 Å². The zero-order valence-electron chi connectivity index (χ0n) is 17.4. The minimum atomic E-state index is -0.216. The fraction of sp³-hybridized carbons (Fsp3) is 0.333. The lowest BCUT2D eigenvalue weighted by Gasteiger charge is -2.32. The number of nitrogens with zero attached hydrogens (tertiary/aromatic N) is 2. The van der Waals surface area contributed by atoms with E-state index in [2.05, 4.69) is 16.8 Å². The number of carbonyl (C=O) groups is 2. The van der Waals surface area contributed by atoms with E-state index in [1.807, 2.05) is 6.07 Å². The van der Waals surface area contributed by atoms with E-state index in [4.69, 9.17) is 4.42 Å². The Morgan fingerprint density at radius 2 is 1.77 bits per heavy atom. The van der Waals surface area contributed by atoms with E-state index in [9.17, 15) is 14.7 Å².